The van der Waals surface area contributed by atoms with Crippen LogP contribution < -0.4 is 5.32 Å². The minimum atomic E-state index is -1.14. The van der Waals surface area contributed by atoms with Crippen LogP contribution in [0.25, 0.3) is 6.08 Å². The third-order valence-electron chi connectivity index (χ3n) is 4.11. The van der Waals surface area contributed by atoms with Crippen LogP contribution in [0.15, 0.2) is 54.2 Å². The predicted molar refractivity (Wildman–Crippen MR) is 75.9 cm³/mol. The first kappa shape index (κ1) is 11.4. The van der Waals surface area contributed by atoms with Gasteiger partial charge in [-0.25, -0.2) is 0 Å². The highest BCUT2D eigenvalue weighted by Crippen LogP contribution is 2.42. The highest BCUT2D eigenvalue weighted by atomic mass is 16.3. The van der Waals surface area contributed by atoms with Crippen molar-refractivity contribution in [1.29, 1.82) is 0 Å². The minimum absolute atomic E-state index is 0.157. The molecular formula is C17H13NO2. The lowest BCUT2D eigenvalue weighted by Crippen LogP contribution is -2.34. The molecule has 1 amide bonds. The summed E-state index contributed by atoms with van der Waals surface area (Å²) in [7, 11) is 0. The number of hydrogen-bond donors (Lipinski definition) is 2. The summed E-state index contributed by atoms with van der Waals surface area (Å²) < 4.78 is 0. The minimum Gasteiger partial charge on any atom is -0.378 e. The quantitative estimate of drug-likeness (QED) is 0.765. The van der Waals surface area contributed by atoms with Crippen LogP contribution in [0.5, 0.6) is 0 Å². The third-order valence-corrected chi connectivity index (χ3v) is 4.11. The van der Waals surface area contributed by atoms with Crippen molar-refractivity contribution in [2.45, 2.75) is 12.0 Å². The highest BCUT2D eigenvalue weighted by Gasteiger charge is 2.43. The fourth-order valence-electron chi connectivity index (χ4n) is 3.11. The Labute approximate surface area is 116 Å². The number of benzene rings is 2. The van der Waals surface area contributed by atoms with Crippen molar-refractivity contribution >= 4 is 12.0 Å². The monoisotopic (exact) mass is 263 g/mol. The summed E-state index contributed by atoms with van der Waals surface area (Å²) in [6, 6.07) is 15.1. The Morgan fingerprint density at radius 3 is 2.70 bits per heavy atom. The van der Waals surface area contributed by atoms with Gasteiger partial charge in [-0.2, -0.15) is 0 Å². The van der Waals surface area contributed by atoms with Crippen molar-refractivity contribution in [3.63, 3.8) is 0 Å². The molecule has 2 aromatic carbocycles. The van der Waals surface area contributed by atoms with Crippen molar-refractivity contribution in [2.24, 2.45) is 0 Å². The second kappa shape index (κ2) is 3.81. The Morgan fingerprint density at radius 1 is 1.05 bits per heavy atom. The zero-order valence-corrected chi connectivity index (χ0v) is 10.8. The highest BCUT2D eigenvalue weighted by molar-refractivity contribution is 5.98. The fourth-order valence-corrected chi connectivity index (χ4v) is 3.11. The van der Waals surface area contributed by atoms with E-state index in [9.17, 15) is 9.90 Å². The average molecular weight is 263 g/mol. The van der Waals surface area contributed by atoms with Gasteiger partial charge in [0.15, 0.2) is 0 Å². The van der Waals surface area contributed by atoms with Crippen LogP contribution in [0.3, 0.4) is 0 Å². The summed E-state index contributed by atoms with van der Waals surface area (Å²) in [4.78, 5) is 12.3. The van der Waals surface area contributed by atoms with Crippen LogP contribution in [-0.2, 0) is 12.0 Å². The lowest BCUT2D eigenvalue weighted by Gasteiger charge is -2.26. The lowest BCUT2D eigenvalue weighted by molar-refractivity contribution is 0.0715. The molecule has 20 heavy (non-hydrogen) atoms. The molecule has 1 heterocycles. The van der Waals surface area contributed by atoms with Gasteiger partial charge in [-0.05, 0) is 28.8 Å². The smallest absolute Gasteiger partial charge is 0.255 e. The van der Waals surface area contributed by atoms with Crippen LogP contribution in [0, 0.1) is 0 Å². The summed E-state index contributed by atoms with van der Waals surface area (Å²) >= 11 is 0. The maximum absolute atomic E-state index is 12.3. The average Bonchev–Trinajstić information content (AvgIpc) is 2.66. The molecule has 0 aromatic heterocycles. The van der Waals surface area contributed by atoms with Crippen LogP contribution in [-0.4, -0.2) is 11.0 Å². The van der Waals surface area contributed by atoms with Gasteiger partial charge in [-0.1, -0.05) is 42.5 Å². The summed E-state index contributed by atoms with van der Waals surface area (Å²) in [5.41, 5.74) is 2.75. The van der Waals surface area contributed by atoms with E-state index in [0.717, 1.165) is 16.7 Å². The molecule has 3 heteroatoms. The van der Waals surface area contributed by atoms with Crippen molar-refractivity contribution in [1.82, 2.24) is 5.32 Å². The second-order valence-corrected chi connectivity index (χ2v) is 5.29. The van der Waals surface area contributed by atoms with E-state index < -0.39 is 5.60 Å². The molecule has 0 fully saturated rings. The standard InChI is InChI=1S/C17H13NO2/c19-16-13-7-3-1-6-12(13)10-17(20)14-8-4-2-5-11(14)9-15(17)18-16/h1-9,20H,10H2,(H,18,19)/t17-/m0/s1. The maximum Gasteiger partial charge on any atom is 0.255 e. The Kier molecular flexibility index (Phi) is 2.18. The zero-order valence-electron chi connectivity index (χ0n) is 10.8. The van der Waals surface area contributed by atoms with E-state index in [1.165, 1.54) is 0 Å². The first-order valence-electron chi connectivity index (χ1n) is 6.62. The lowest BCUT2D eigenvalue weighted by atomic mass is 9.87. The van der Waals surface area contributed by atoms with E-state index in [4.69, 9.17) is 0 Å². The number of hydrogen-bond acceptors (Lipinski definition) is 2. The first-order valence-corrected chi connectivity index (χ1v) is 6.62. The summed E-state index contributed by atoms with van der Waals surface area (Å²) in [6.45, 7) is 0. The van der Waals surface area contributed by atoms with E-state index in [1.807, 2.05) is 48.5 Å². The molecule has 4 rings (SSSR count). The van der Waals surface area contributed by atoms with E-state index in [1.54, 1.807) is 6.07 Å². The van der Waals surface area contributed by atoms with E-state index in [0.29, 0.717) is 17.7 Å². The zero-order chi connectivity index (χ0) is 13.7. The molecular weight excluding hydrogens is 250 g/mol. The van der Waals surface area contributed by atoms with Gasteiger partial charge in [0.05, 0.1) is 5.70 Å². The van der Waals surface area contributed by atoms with Crippen molar-refractivity contribution in [2.75, 3.05) is 0 Å². The molecule has 2 N–H and O–H groups in total. The van der Waals surface area contributed by atoms with E-state index >= 15 is 0 Å². The largest absolute Gasteiger partial charge is 0.378 e. The predicted octanol–water partition coefficient (Wildman–Crippen LogP) is 2.21. The number of aliphatic hydroxyl groups is 1. The number of nitrogens with one attached hydrogen (secondary N) is 1. The summed E-state index contributed by atoms with van der Waals surface area (Å²) in [5.74, 6) is -0.157. The van der Waals surface area contributed by atoms with Gasteiger partial charge in [0.2, 0.25) is 0 Å². The molecule has 2 aromatic rings. The molecule has 0 spiro atoms. The molecule has 0 bridgehead atoms. The van der Waals surface area contributed by atoms with Gasteiger partial charge in [0, 0.05) is 12.0 Å². The summed E-state index contributed by atoms with van der Waals surface area (Å²) in [6.07, 6.45) is 2.27. The first-order chi connectivity index (χ1) is 9.68. The Hall–Kier alpha value is -2.39. The number of amides is 1. The van der Waals surface area contributed by atoms with E-state index in [-0.39, 0.29) is 5.91 Å². The molecule has 1 aliphatic heterocycles. The molecule has 0 radical (unpaired) electrons. The van der Waals surface area contributed by atoms with Gasteiger partial charge < -0.3 is 10.4 Å². The topological polar surface area (TPSA) is 49.3 Å². The molecule has 0 saturated heterocycles. The molecule has 2 aliphatic rings. The van der Waals surface area contributed by atoms with Crippen LogP contribution >= 0.6 is 0 Å². The molecule has 1 aliphatic carbocycles. The van der Waals surface area contributed by atoms with Crippen LogP contribution in [0.1, 0.15) is 27.0 Å². The van der Waals surface area contributed by atoms with E-state index in [2.05, 4.69) is 5.32 Å². The maximum atomic E-state index is 12.3. The Balaban J connectivity index is 1.94. The van der Waals surface area contributed by atoms with Crippen molar-refractivity contribution in [3.8, 4) is 0 Å². The van der Waals surface area contributed by atoms with Crippen LogP contribution in [0.4, 0.5) is 0 Å². The SMILES string of the molecule is O=C1NC2=Cc3ccccc3[C@@]2(O)Cc2ccccc21. The van der Waals surface area contributed by atoms with Crippen molar-refractivity contribution in [3.05, 3.63) is 76.5 Å². The number of carbonyl (C=O) groups is 1. The van der Waals surface area contributed by atoms with Gasteiger partial charge in [-0.3, -0.25) is 4.79 Å². The molecule has 1 atom stereocenters. The van der Waals surface area contributed by atoms with Gasteiger partial charge in [-0.15, -0.1) is 0 Å². The van der Waals surface area contributed by atoms with Gasteiger partial charge in [0.25, 0.3) is 5.91 Å². The van der Waals surface area contributed by atoms with Gasteiger partial charge in [0.1, 0.15) is 5.60 Å². The molecule has 3 nitrogen and oxygen atoms in total. The van der Waals surface area contributed by atoms with Crippen LogP contribution in [0.2, 0.25) is 0 Å². The summed E-state index contributed by atoms with van der Waals surface area (Å²) in [5, 5.41) is 14.0. The normalized spacial score (nSPS) is 23.1. The molecule has 0 unspecified atom stereocenters. The number of fused-ring (bicyclic) bond motifs is 4. The van der Waals surface area contributed by atoms with Crippen molar-refractivity contribution < 1.29 is 9.90 Å². The van der Waals surface area contributed by atoms with Gasteiger partial charge >= 0.3 is 0 Å². The molecule has 98 valence electrons. The fraction of sp³-hybridized carbons (Fsp3) is 0.118. The Morgan fingerprint density at radius 2 is 1.80 bits per heavy atom. The second-order valence-electron chi connectivity index (χ2n) is 5.29. The molecule has 0 saturated carbocycles. The third kappa shape index (κ3) is 1.41. The number of carbonyl (C=O) groups excluding carboxylic acids is 1. The number of rotatable bonds is 0. The Bertz CT molecular complexity index is 763.